The third kappa shape index (κ3) is 3.36. The summed E-state index contributed by atoms with van der Waals surface area (Å²) in [5.74, 6) is 2.79. The van der Waals surface area contributed by atoms with Crippen LogP contribution in [-0.2, 0) is 9.53 Å². The van der Waals surface area contributed by atoms with E-state index in [9.17, 15) is 4.79 Å². The average Bonchev–Trinajstić information content (AvgIpc) is 3.14. The van der Waals surface area contributed by atoms with Gasteiger partial charge in [0.25, 0.3) is 0 Å². The molecule has 9 heteroatoms. The number of thioether (sulfide) groups is 1. The number of hydrogen-bond donors (Lipinski definition) is 0. The topological polar surface area (TPSA) is 58.1 Å². The summed E-state index contributed by atoms with van der Waals surface area (Å²) < 4.78 is 12.1. The highest BCUT2D eigenvalue weighted by molar-refractivity contribution is 7.99. The van der Waals surface area contributed by atoms with Gasteiger partial charge in [-0.1, -0.05) is 11.3 Å². The highest BCUT2D eigenvalue weighted by Crippen LogP contribution is 2.41. The summed E-state index contributed by atoms with van der Waals surface area (Å²) >= 11 is 3.46. The number of methoxy groups -OCH3 is 1. The van der Waals surface area contributed by atoms with Crippen molar-refractivity contribution in [1.82, 2.24) is 9.99 Å². The fourth-order valence-corrected chi connectivity index (χ4v) is 5.28. The number of ether oxygens (including phenoxy) is 2. The lowest BCUT2D eigenvalue weighted by atomic mass is 10.2. The number of nitrogens with zero attached hydrogens (tertiary/aromatic N) is 4. The number of thiazole rings is 1. The van der Waals surface area contributed by atoms with Crippen LogP contribution < -0.4 is 14.6 Å². The largest absolute Gasteiger partial charge is 0.494 e. The van der Waals surface area contributed by atoms with Crippen molar-refractivity contribution in [3.8, 4) is 5.75 Å². The summed E-state index contributed by atoms with van der Waals surface area (Å²) in [6, 6.07) is 4.04. The van der Waals surface area contributed by atoms with E-state index >= 15 is 0 Å². The molecule has 7 nitrogen and oxygen atoms in total. The van der Waals surface area contributed by atoms with Gasteiger partial charge in [0.1, 0.15) is 11.3 Å². The number of aromatic nitrogens is 1. The number of hydrogen-bond acceptors (Lipinski definition) is 8. The van der Waals surface area contributed by atoms with Gasteiger partial charge >= 0.3 is 0 Å². The van der Waals surface area contributed by atoms with Crippen molar-refractivity contribution in [2.45, 2.75) is 0 Å². The van der Waals surface area contributed by atoms with Crippen molar-refractivity contribution < 1.29 is 14.3 Å². The molecule has 1 amide bonds. The van der Waals surface area contributed by atoms with Crippen LogP contribution >= 0.6 is 23.1 Å². The van der Waals surface area contributed by atoms with E-state index in [0.717, 1.165) is 79.0 Å². The van der Waals surface area contributed by atoms with Crippen LogP contribution in [0.25, 0.3) is 10.2 Å². The van der Waals surface area contributed by atoms with Crippen molar-refractivity contribution in [2.24, 2.45) is 0 Å². The van der Waals surface area contributed by atoms with Crippen molar-refractivity contribution in [3.05, 3.63) is 12.1 Å². The molecule has 4 rings (SSSR count). The second kappa shape index (κ2) is 7.99. The van der Waals surface area contributed by atoms with Crippen molar-refractivity contribution in [1.29, 1.82) is 0 Å². The smallest absolute Gasteiger partial charge is 0.230 e. The summed E-state index contributed by atoms with van der Waals surface area (Å²) in [5, 5.41) is 4.43. The Morgan fingerprint density at radius 2 is 2.00 bits per heavy atom. The highest BCUT2D eigenvalue weighted by atomic mass is 32.2. The van der Waals surface area contributed by atoms with Gasteiger partial charge in [0, 0.05) is 37.7 Å². The minimum Gasteiger partial charge on any atom is -0.494 e. The first-order valence-electron chi connectivity index (χ1n) is 8.69. The number of morpholine rings is 1. The molecule has 0 saturated carbocycles. The minimum atomic E-state index is 0.695. The van der Waals surface area contributed by atoms with E-state index in [4.69, 9.17) is 14.5 Å². The van der Waals surface area contributed by atoms with Crippen LogP contribution in [0.5, 0.6) is 5.75 Å². The standard InChI is InChI=1S/C17H22N4O3S2/c1-23-14-3-2-13(19-4-8-24-9-5-19)16-15(14)18-17(26-16)21(12-22)20-6-10-25-11-7-20/h2-3,12H,4-11H2,1H3. The average molecular weight is 395 g/mol. The fraction of sp³-hybridized carbons (Fsp3) is 0.529. The predicted octanol–water partition coefficient (Wildman–Crippen LogP) is 2.07. The van der Waals surface area contributed by atoms with Crippen LogP contribution in [0.2, 0.25) is 0 Å². The second-order valence-corrected chi connectivity index (χ2v) is 8.28. The zero-order chi connectivity index (χ0) is 17.9. The molecule has 2 aromatic rings. The third-order valence-electron chi connectivity index (χ3n) is 4.63. The first-order valence-corrected chi connectivity index (χ1v) is 10.7. The molecule has 0 radical (unpaired) electrons. The fourth-order valence-electron chi connectivity index (χ4n) is 3.28. The maximum absolute atomic E-state index is 11.8. The van der Waals surface area contributed by atoms with Crippen molar-refractivity contribution in [2.75, 3.05) is 67.9 Å². The molecule has 1 aromatic heterocycles. The first-order chi connectivity index (χ1) is 12.8. The molecule has 1 aromatic carbocycles. The second-order valence-electron chi connectivity index (χ2n) is 6.08. The minimum absolute atomic E-state index is 0.695. The summed E-state index contributed by atoms with van der Waals surface area (Å²) in [6.07, 6.45) is 0.870. The van der Waals surface area contributed by atoms with Gasteiger partial charge in [0.05, 0.1) is 30.7 Å². The van der Waals surface area contributed by atoms with E-state index in [0.29, 0.717) is 5.13 Å². The lowest BCUT2D eigenvalue weighted by molar-refractivity contribution is -0.110. The van der Waals surface area contributed by atoms with Gasteiger partial charge < -0.3 is 14.4 Å². The Hall–Kier alpha value is -1.55. The van der Waals surface area contributed by atoms with Crippen LogP contribution in [0, 0.1) is 0 Å². The molecule has 3 heterocycles. The van der Waals surface area contributed by atoms with E-state index in [1.807, 2.05) is 17.8 Å². The summed E-state index contributed by atoms with van der Waals surface area (Å²) in [6.45, 7) is 4.88. The molecular weight excluding hydrogens is 372 g/mol. The number of carbonyl (C=O) groups excluding carboxylic acids is 1. The Morgan fingerprint density at radius 3 is 2.69 bits per heavy atom. The number of rotatable bonds is 5. The molecule has 0 aliphatic carbocycles. The zero-order valence-corrected chi connectivity index (χ0v) is 16.4. The number of anilines is 2. The Balaban J connectivity index is 1.75. The number of carbonyl (C=O) groups is 1. The molecule has 2 aliphatic heterocycles. The molecule has 0 unspecified atom stereocenters. The summed E-state index contributed by atoms with van der Waals surface area (Å²) in [4.78, 5) is 18.9. The maximum Gasteiger partial charge on any atom is 0.230 e. The highest BCUT2D eigenvalue weighted by Gasteiger charge is 2.25. The monoisotopic (exact) mass is 394 g/mol. The summed E-state index contributed by atoms with van der Waals surface area (Å²) in [7, 11) is 1.65. The predicted molar refractivity (Wildman–Crippen MR) is 107 cm³/mol. The molecule has 2 saturated heterocycles. The van der Waals surface area contributed by atoms with E-state index in [2.05, 4.69) is 16.0 Å². The molecule has 140 valence electrons. The normalized spacial score (nSPS) is 18.9. The van der Waals surface area contributed by atoms with E-state index in [-0.39, 0.29) is 0 Å². The van der Waals surface area contributed by atoms with Gasteiger partial charge in [0.15, 0.2) is 0 Å². The first kappa shape index (κ1) is 17.8. The number of hydrazine groups is 1. The zero-order valence-electron chi connectivity index (χ0n) is 14.7. The molecule has 0 N–H and O–H groups in total. The van der Waals surface area contributed by atoms with Crippen LogP contribution in [0.15, 0.2) is 12.1 Å². The van der Waals surface area contributed by atoms with E-state index in [1.165, 1.54) is 0 Å². The molecule has 0 bridgehead atoms. The van der Waals surface area contributed by atoms with Gasteiger partial charge in [0.2, 0.25) is 11.5 Å². The van der Waals surface area contributed by atoms with Gasteiger partial charge in [-0.3, -0.25) is 4.79 Å². The lowest BCUT2D eigenvalue weighted by Gasteiger charge is -2.32. The Bertz CT molecular complexity index is 773. The maximum atomic E-state index is 11.8. The van der Waals surface area contributed by atoms with Gasteiger partial charge in [-0.2, -0.15) is 11.8 Å². The molecule has 2 aliphatic rings. The van der Waals surface area contributed by atoms with Crippen LogP contribution in [0.1, 0.15) is 0 Å². The van der Waals surface area contributed by atoms with Gasteiger partial charge in [-0.05, 0) is 12.1 Å². The Labute approximate surface area is 160 Å². The van der Waals surface area contributed by atoms with Gasteiger partial charge in [-0.25, -0.2) is 15.0 Å². The van der Waals surface area contributed by atoms with Crippen LogP contribution in [0.3, 0.4) is 0 Å². The van der Waals surface area contributed by atoms with Crippen LogP contribution in [-0.4, -0.2) is 74.4 Å². The Morgan fingerprint density at radius 1 is 1.23 bits per heavy atom. The lowest BCUT2D eigenvalue weighted by Crippen LogP contribution is -2.46. The summed E-state index contributed by atoms with van der Waals surface area (Å²) in [5.41, 5.74) is 1.95. The molecule has 0 spiro atoms. The number of amides is 1. The van der Waals surface area contributed by atoms with Gasteiger partial charge in [-0.15, -0.1) is 0 Å². The molecule has 26 heavy (non-hydrogen) atoms. The molecular formula is C17H22N4O3S2. The van der Waals surface area contributed by atoms with E-state index < -0.39 is 0 Å². The Kier molecular flexibility index (Phi) is 5.49. The third-order valence-corrected chi connectivity index (χ3v) is 6.64. The quantitative estimate of drug-likeness (QED) is 0.720. The molecule has 0 atom stereocenters. The van der Waals surface area contributed by atoms with Crippen molar-refractivity contribution >= 4 is 50.5 Å². The van der Waals surface area contributed by atoms with E-state index in [1.54, 1.807) is 23.5 Å². The molecule has 2 fully saturated rings. The SMILES string of the molecule is COc1ccc(N2CCOCC2)c2sc(N(C=O)N3CCSCC3)nc12. The van der Waals surface area contributed by atoms with Crippen molar-refractivity contribution in [3.63, 3.8) is 0 Å². The van der Waals surface area contributed by atoms with Crippen LogP contribution in [0.4, 0.5) is 10.8 Å². The number of fused-ring (bicyclic) bond motifs is 1. The number of benzene rings is 1.